The first-order valence-electron chi connectivity index (χ1n) is 7.74. The average Bonchev–Trinajstić information content (AvgIpc) is 2.56. The number of nitrogens with one attached hydrogen (secondary N) is 2. The van der Waals surface area contributed by atoms with Gasteiger partial charge in [0.15, 0.2) is 0 Å². The first-order chi connectivity index (χ1) is 11.0. The van der Waals surface area contributed by atoms with Crippen LogP contribution in [0.1, 0.15) is 42.6 Å². The van der Waals surface area contributed by atoms with Crippen LogP contribution in [0.3, 0.4) is 0 Å². The molecule has 120 valence electrons. The van der Waals surface area contributed by atoms with Gasteiger partial charge >= 0.3 is 0 Å². The van der Waals surface area contributed by atoms with Crippen molar-refractivity contribution in [2.24, 2.45) is 0 Å². The third kappa shape index (κ3) is 4.68. The van der Waals surface area contributed by atoms with Gasteiger partial charge in [0.2, 0.25) is 5.91 Å². The Morgan fingerprint density at radius 3 is 2.04 bits per heavy atom. The summed E-state index contributed by atoms with van der Waals surface area (Å²) in [4.78, 5) is 24.2. The van der Waals surface area contributed by atoms with E-state index in [0.717, 1.165) is 5.69 Å². The molecule has 0 spiro atoms. The highest BCUT2D eigenvalue weighted by atomic mass is 16.2. The van der Waals surface area contributed by atoms with Gasteiger partial charge in [-0.05, 0) is 42.7 Å². The van der Waals surface area contributed by atoms with E-state index in [-0.39, 0.29) is 11.8 Å². The van der Waals surface area contributed by atoms with E-state index in [1.165, 1.54) is 5.56 Å². The van der Waals surface area contributed by atoms with Gasteiger partial charge in [0.25, 0.3) is 5.91 Å². The molecule has 1 unspecified atom stereocenters. The Morgan fingerprint density at radius 1 is 0.870 bits per heavy atom. The largest absolute Gasteiger partial charge is 0.341 e. The van der Waals surface area contributed by atoms with Crippen molar-refractivity contribution in [2.45, 2.75) is 32.7 Å². The van der Waals surface area contributed by atoms with Gasteiger partial charge < -0.3 is 10.6 Å². The zero-order valence-electron chi connectivity index (χ0n) is 13.7. The van der Waals surface area contributed by atoms with Crippen LogP contribution in [0.4, 0.5) is 5.69 Å². The fraction of sp³-hybridized carbons (Fsp3) is 0.263. The van der Waals surface area contributed by atoms with Crippen molar-refractivity contribution >= 4 is 17.5 Å². The van der Waals surface area contributed by atoms with Crippen LogP contribution < -0.4 is 10.6 Å². The molecule has 4 nitrogen and oxygen atoms in total. The lowest BCUT2D eigenvalue weighted by Gasteiger charge is -2.15. The Balaban J connectivity index is 1.93. The van der Waals surface area contributed by atoms with Crippen LogP contribution >= 0.6 is 0 Å². The maximum absolute atomic E-state index is 12.2. The summed E-state index contributed by atoms with van der Waals surface area (Å²) >= 11 is 0. The van der Waals surface area contributed by atoms with Gasteiger partial charge in [-0.3, -0.25) is 9.59 Å². The molecule has 2 aromatic carbocycles. The van der Waals surface area contributed by atoms with Gasteiger partial charge in [-0.2, -0.15) is 0 Å². The zero-order valence-corrected chi connectivity index (χ0v) is 13.7. The molecule has 1 atom stereocenters. The number of carbonyl (C=O) groups excluding carboxylic acids is 2. The van der Waals surface area contributed by atoms with E-state index in [1.54, 1.807) is 31.2 Å². The molecule has 4 heteroatoms. The number of rotatable bonds is 5. The van der Waals surface area contributed by atoms with Crippen LogP contribution in [0.5, 0.6) is 0 Å². The molecule has 2 N–H and O–H groups in total. The summed E-state index contributed by atoms with van der Waals surface area (Å²) in [6, 6.07) is 16.0. The summed E-state index contributed by atoms with van der Waals surface area (Å²) in [7, 11) is 0. The third-order valence-electron chi connectivity index (χ3n) is 3.62. The predicted octanol–water partition coefficient (Wildman–Crippen LogP) is 3.57. The molecular weight excluding hydrogens is 288 g/mol. The minimum Gasteiger partial charge on any atom is -0.341 e. The Bertz CT molecular complexity index is 664. The third-order valence-corrected chi connectivity index (χ3v) is 3.62. The van der Waals surface area contributed by atoms with Crippen molar-refractivity contribution in [2.75, 3.05) is 5.32 Å². The summed E-state index contributed by atoms with van der Waals surface area (Å²) in [6.45, 7) is 5.90. The fourth-order valence-corrected chi connectivity index (χ4v) is 2.14. The highest BCUT2D eigenvalue weighted by molar-refractivity contribution is 6.00. The molecule has 0 aliphatic carbocycles. The topological polar surface area (TPSA) is 58.2 Å². The Morgan fingerprint density at radius 2 is 1.48 bits per heavy atom. The van der Waals surface area contributed by atoms with Gasteiger partial charge in [0.05, 0.1) is 0 Å². The Kier molecular flexibility index (Phi) is 5.52. The minimum atomic E-state index is -0.618. The molecule has 2 rings (SSSR count). The molecule has 0 heterocycles. The monoisotopic (exact) mass is 310 g/mol. The van der Waals surface area contributed by atoms with Crippen molar-refractivity contribution in [1.29, 1.82) is 0 Å². The molecule has 0 saturated heterocycles. The summed E-state index contributed by atoms with van der Waals surface area (Å²) in [6.07, 6.45) is 0. The van der Waals surface area contributed by atoms with Gasteiger partial charge in [0.1, 0.15) is 6.04 Å². The number of hydrogen-bond donors (Lipinski definition) is 2. The molecule has 0 aromatic heterocycles. The SMILES string of the molecule is CC(NC(=O)c1ccccc1)C(=O)Nc1ccc(C(C)C)cc1. The molecule has 0 saturated carbocycles. The van der Waals surface area contributed by atoms with Crippen molar-refractivity contribution in [3.63, 3.8) is 0 Å². The zero-order chi connectivity index (χ0) is 16.8. The van der Waals surface area contributed by atoms with Crippen molar-refractivity contribution < 1.29 is 9.59 Å². The van der Waals surface area contributed by atoms with E-state index in [2.05, 4.69) is 24.5 Å². The number of anilines is 1. The Hall–Kier alpha value is -2.62. The van der Waals surface area contributed by atoms with E-state index < -0.39 is 6.04 Å². The first kappa shape index (κ1) is 16.7. The van der Waals surface area contributed by atoms with Crippen molar-refractivity contribution in [3.05, 3.63) is 65.7 Å². The smallest absolute Gasteiger partial charge is 0.251 e. The van der Waals surface area contributed by atoms with E-state index >= 15 is 0 Å². The molecule has 2 amide bonds. The van der Waals surface area contributed by atoms with Crippen LogP contribution in [0.25, 0.3) is 0 Å². The predicted molar refractivity (Wildman–Crippen MR) is 92.5 cm³/mol. The summed E-state index contributed by atoms with van der Waals surface area (Å²) in [5, 5.41) is 5.51. The summed E-state index contributed by atoms with van der Waals surface area (Å²) < 4.78 is 0. The maximum atomic E-state index is 12.2. The second-order valence-electron chi connectivity index (χ2n) is 5.83. The highest BCUT2D eigenvalue weighted by Gasteiger charge is 2.16. The van der Waals surface area contributed by atoms with Crippen LogP contribution in [0, 0.1) is 0 Å². The lowest BCUT2D eigenvalue weighted by atomic mass is 10.0. The fourth-order valence-electron chi connectivity index (χ4n) is 2.14. The second-order valence-corrected chi connectivity index (χ2v) is 5.83. The maximum Gasteiger partial charge on any atom is 0.251 e. The molecule has 0 bridgehead atoms. The molecule has 23 heavy (non-hydrogen) atoms. The van der Waals surface area contributed by atoms with Crippen LogP contribution in [-0.2, 0) is 4.79 Å². The van der Waals surface area contributed by atoms with Gasteiger partial charge in [-0.1, -0.05) is 44.2 Å². The minimum absolute atomic E-state index is 0.244. The van der Waals surface area contributed by atoms with Crippen LogP contribution in [0.15, 0.2) is 54.6 Å². The molecule has 2 aromatic rings. The van der Waals surface area contributed by atoms with E-state index in [9.17, 15) is 9.59 Å². The molecule has 0 fully saturated rings. The number of amides is 2. The molecular formula is C19H22N2O2. The quantitative estimate of drug-likeness (QED) is 0.887. The normalized spacial score (nSPS) is 11.8. The lowest BCUT2D eigenvalue weighted by molar-refractivity contribution is -0.117. The summed E-state index contributed by atoms with van der Waals surface area (Å²) in [5.74, 6) is -0.0566. The van der Waals surface area contributed by atoms with E-state index in [4.69, 9.17) is 0 Å². The number of hydrogen-bond acceptors (Lipinski definition) is 2. The van der Waals surface area contributed by atoms with Crippen molar-refractivity contribution in [1.82, 2.24) is 5.32 Å². The number of carbonyl (C=O) groups is 2. The van der Waals surface area contributed by atoms with Gasteiger partial charge in [-0.25, -0.2) is 0 Å². The van der Waals surface area contributed by atoms with Gasteiger partial charge in [0, 0.05) is 11.3 Å². The molecule has 0 aliphatic heterocycles. The van der Waals surface area contributed by atoms with Crippen LogP contribution in [0.2, 0.25) is 0 Å². The van der Waals surface area contributed by atoms with E-state index in [1.807, 2.05) is 30.3 Å². The Labute approximate surface area is 136 Å². The standard InChI is InChI=1S/C19H22N2O2/c1-13(2)15-9-11-17(12-10-15)21-18(22)14(3)20-19(23)16-7-5-4-6-8-16/h4-14H,1-3H3,(H,20,23)(H,21,22). The number of benzene rings is 2. The van der Waals surface area contributed by atoms with Gasteiger partial charge in [-0.15, -0.1) is 0 Å². The molecule has 0 aliphatic rings. The highest BCUT2D eigenvalue weighted by Crippen LogP contribution is 2.17. The molecule has 0 radical (unpaired) electrons. The van der Waals surface area contributed by atoms with Crippen molar-refractivity contribution in [3.8, 4) is 0 Å². The first-order valence-corrected chi connectivity index (χ1v) is 7.74. The second kappa shape index (κ2) is 7.58. The average molecular weight is 310 g/mol. The summed E-state index contributed by atoms with van der Waals surface area (Å²) in [5.41, 5.74) is 2.47. The van der Waals surface area contributed by atoms with E-state index in [0.29, 0.717) is 11.5 Å². The van der Waals surface area contributed by atoms with Crippen LogP contribution in [-0.4, -0.2) is 17.9 Å². The lowest BCUT2D eigenvalue weighted by Crippen LogP contribution is -2.41.